The molecule has 2 atom stereocenters. The maximum atomic E-state index is 11.9. The number of hydrogen-bond donors (Lipinski definition) is 2. The van der Waals surface area contributed by atoms with E-state index < -0.39 is 0 Å². The second kappa shape index (κ2) is 7.97. The van der Waals surface area contributed by atoms with E-state index in [4.69, 9.17) is 4.74 Å². The molecule has 112 valence electrons. The molecule has 2 rings (SSSR count). The van der Waals surface area contributed by atoms with E-state index in [1.807, 2.05) is 24.1 Å². The number of aromatic nitrogens is 1. The van der Waals surface area contributed by atoms with Crippen molar-refractivity contribution in [3.05, 3.63) is 16.1 Å². The zero-order valence-electron chi connectivity index (χ0n) is 11.8. The lowest BCUT2D eigenvalue weighted by atomic mass is 10.2. The van der Waals surface area contributed by atoms with Crippen LogP contribution in [0.3, 0.4) is 0 Å². The van der Waals surface area contributed by atoms with Crippen molar-refractivity contribution in [2.45, 2.75) is 32.0 Å². The largest absolute Gasteiger partial charge is 0.375 e. The van der Waals surface area contributed by atoms with E-state index >= 15 is 0 Å². The minimum Gasteiger partial charge on any atom is -0.375 e. The first-order valence-electron chi connectivity index (χ1n) is 6.74. The molecule has 1 aromatic heterocycles. The van der Waals surface area contributed by atoms with Crippen LogP contribution in [0.5, 0.6) is 0 Å². The molecule has 2 unspecified atom stereocenters. The number of carbonyl (C=O) groups is 1. The molecule has 0 aliphatic carbocycles. The van der Waals surface area contributed by atoms with Gasteiger partial charge < -0.3 is 15.4 Å². The van der Waals surface area contributed by atoms with Crippen LogP contribution in [0.25, 0.3) is 0 Å². The van der Waals surface area contributed by atoms with Gasteiger partial charge in [-0.2, -0.15) is 11.8 Å². The first kappa shape index (κ1) is 15.8. The van der Waals surface area contributed by atoms with Crippen LogP contribution < -0.4 is 10.6 Å². The molecular weight excluding hydrogens is 294 g/mol. The summed E-state index contributed by atoms with van der Waals surface area (Å²) in [7, 11) is 1.67. The molecule has 0 bridgehead atoms. The highest BCUT2D eigenvalue weighted by Crippen LogP contribution is 2.20. The third kappa shape index (κ3) is 4.73. The van der Waals surface area contributed by atoms with Crippen LogP contribution in [0.15, 0.2) is 5.38 Å². The maximum absolute atomic E-state index is 11.9. The Labute approximate surface area is 127 Å². The number of thioether (sulfide) groups is 1. The molecule has 1 aliphatic heterocycles. The van der Waals surface area contributed by atoms with Gasteiger partial charge >= 0.3 is 0 Å². The highest BCUT2D eigenvalue weighted by atomic mass is 32.2. The summed E-state index contributed by atoms with van der Waals surface area (Å²) in [6.07, 6.45) is 0.547. The van der Waals surface area contributed by atoms with E-state index in [0.29, 0.717) is 19.0 Å². The summed E-state index contributed by atoms with van der Waals surface area (Å²) in [4.78, 5) is 16.3. The number of nitrogens with one attached hydrogen (secondary N) is 2. The zero-order valence-corrected chi connectivity index (χ0v) is 13.5. The van der Waals surface area contributed by atoms with Crippen molar-refractivity contribution >= 4 is 29.0 Å². The Morgan fingerprint density at radius 3 is 3.25 bits per heavy atom. The van der Waals surface area contributed by atoms with E-state index in [0.717, 1.165) is 28.8 Å². The zero-order chi connectivity index (χ0) is 14.4. The van der Waals surface area contributed by atoms with E-state index in [-0.39, 0.29) is 12.0 Å². The van der Waals surface area contributed by atoms with Crippen molar-refractivity contribution < 1.29 is 9.53 Å². The van der Waals surface area contributed by atoms with Crippen LogP contribution in [-0.2, 0) is 16.1 Å². The summed E-state index contributed by atoms with van der Waals surface area (Å²) in [6, 6.07) is 0.299. The van der Waals surface area contributed by atoms with Gasteiger partial charge in [-0.3, -0.25) is 4.79 Å². The number of ether oxygens (including phenoxy) is 1. The summed E-state index contributed by atoms with van der Waals surface area (Å²) < 4.78 is 5.23. The third-order valence-electron chi connectivity index (χ3n) is 3.17. The van der Waals surface area contributed by atoms with Crippen molar-refractivity contribution in [1.82, 2.24) is 15.6 Å². The highest BCUT2D eigenvalue weighted by Gasteiger charge is 2.17. The van der Waals surface area contributed by atoms with Crippen LogP contribution in [0.1, 0.15) is 30.2 Å². The van der Waals surface area contributed by atoms with Crippen LogP contribution in [-0.4, -0.2) is 42.1 Å². The van der Waals surface area contributed by atoms with Crippen LogP contribution in [0, 0.1) is 0 Å². The molecule has 0 spiro atoms. The molecule has 1 amide bonds. The van der Waals surface area contributed by atoms with Gasteiger partial charge in [0.05, 0.1) is 12.2 Å². The third-order valence-corrected chi connectivity index (χ3v) is 5.35. The quantitative estimate of drug-likeness (QED) is 0.834. The Morgan fingerprint density at radius 1 is 1.70 bits per heavy atom. The van der Waals surface area contributed by atoms with E-state index in [9.17, 15) is 4.79 Å². The molecular formula is C13H21N3O2S2. The number of rotatable bonds is 6. The summed E-state index contributed by atoms with van der Waals surface area (Å²) >= 11 is 3.47. The number of hydrogen-bond acceptors (Lipinski definition) is 6. The highest BCUT2D eigenvalue weighted by molar-refractivity contribution is 7.99. The SMILES string of the molecule is COC(C)c1nc(CNC(=O)CC2CSCCN2)cs1. The van der Waals surface area contributed by atoms with Crippen LogP contribution >= 0.6 is 23.1 Å². The van der Waals surface area contributed by atoms with Crippen molar-refractivity contribution in [3.8, 4) is 0 Å². The van der Waals surface area contributed by atoms with Gasteiger partial charge in [0, 0.05) is 43.0 Å². The van der Waals surface area contributed by atoms with Gasteiger partial charge in [-0.15, -0.1) is 11.3 Å². The van der Waals surface area contributed by atoms with E-state index in [1.54, 1.807) is 18.4 Å². The molecule has 20 heavy (non-hydrogen) atoms. The van der Waals surface area contributed by atoms with E-state index in [1.165, 1.54) is 0 Å². The average molecular weight is 315 g/mol. The lowest BCUT2D eigenvalue weighted by Crippen LogP contribution is -2.41. The molecule has 2 heterocycles. The second-order valence-electron chi connectivity index (χ2n) is 4.76. The van der Waals surface area contributed by atoms with Crippen molar-refractivity contribution in [3.63, 3.8) is 0 Å². The van der Waals surface area contributed by atoms with Gasteiger partial charge in [0.15, 0.2) is 0 Å². The van der Waals surface area contributed by atoms with E-state index in [2.05, 4.69) is 15.6 Å². The van der Waals surface area contributed by atoms with Crippen LogP contribution in [0.2, 0.25) is 0 Å². The predicted molar refractivity (Wildman–Crippen MR) is 83.1 cm³/mol. The number of amides is 1. The fourth-order valence-electron chi connectivity index (χ4n) is 1.93. The predicted octanol–water partition coefficient (Wildman–Crippen LogP) is 1.56. The average Bonchev–Trinajstić information content (AvgIpc) is 2.94. The second-order valence-corrected chi connectivity index (χ2v) is 6.80. The molecule has 1 saturated heterocycles. The fourth-order valence-corrected chi connectivity index (χ4v) is 3.73. The van der Waals surface area contributed by atoms with Gasteiger partial charge in [0.1, 0.15) is 11.1 Å². The summed E-state index contributed by atoms with van der Waals surface area (Å²) in [5.74, 6) is 2.23. The first-order valence-corrected chi connectivity index (χ1v) is 8.77. The number of methoxy groups -OCH3 is 1. The minimum absolute atomic E-state index is 0.00733. The molecule has 5 nitrogen and oxygen atoms in total. The Kier molecular flexibility index (Phi) is 6.28. The number of thiazole rings is 1. The van der Waals surface area contributed by atoms with Gasteiger partial charge in [-0.05, 0) is 6.92 Å². The summed E-state index contributed by atoms with van der Waals surface area (Å²) in [5, 5.41) is 9.21. The van der Waals surface area contributed by atoms with Gasteiger partial charge in [-0.1, -0.05) is 0 Å². The van der Waals surface area contributed by atoms with Gasteiger partial charge in [-0.25, -0.2) is 4.98 Å². The minimum atomic E-state index is 0.00733. The molecule has 1 aromatic rings. The molecule has 0 saturated carbocycles. The molecule has 0 radical (unpaired) electrons. The lowest BCUT2D eigenvalue weighted by molar-refractivity contribution is -0.121. The number of carbonyl (C=O) groups excluding carboxylic acids is 1. The molecule has 0 aromatic carbocycles. The van der Waals surface area contributed by atoms with Gasteiger partial charge in [0.2, 0.25) is 5.91 Å². The Bertz CT molecular complexity index is 433. The first-order chi connectivity index (χ1) is 9.69. The summed E-state index contributed by atoms with van der Waals surface area (Å²) in [6.45, 7) is 3.45. The lowest BCUT2D eigenvalue weighted by Gasteiger charge is -2.22. The Hall–Kier alpha value is -0.630. The molecule has 1 fully saturated rings. The van der Waals surface area contributed by atoms with Crippen LogP contribution in [0.4, 0.5) is 0 Å². The van der Waals surface area contributed by atoms with Gasteiger partial charge in [0.25, 0.3) is 0 Å². The monoisotopic (exact) mass is 315 g/mol. The fraction of sp³-hybridized carbons (Fsp3) is 0.692. The topological polar surface area (TPSA) is 63.2 Å². The van der Waals surface area contributed by atoms with Crippen molar-refractivity contribution in [1.29, 1.82) is 0 Å². The standard InChI is InChI=1S/C13H21N3O2S2/c1-9(18-2)13-16-11(8-20-13)6-15-12(17)5-10-7-19-4-3-14-10/h8-10,14H,3-7H2,1-2H3,(H,15,17). The molecule has 7 heteroatoms. The Morgan fingerprint density at radius 2 is 2.55 bits per heavy atom. The maximum Gasteiger partial charge on any atom is 0.221 e. The Balaban J connectivity index is 1.73. The number of nitrogens with zero attached hydrogens (tertiary/aromatic N) is 1. The normalized spacial score (nSPS) is 20.6. The molecule has 2 N–H and O–H groups in total. The van der Waals surface area contributed by atoms with Crippen molar-refractivity contribution in [2.75, 3.05) is 25.2 Å². The smallest absolute Gasteiger partial charge is 0.221 e. The van der Waals surface area contributed by atoms with Crippen molar-refractivity contribution in [2.24, 2.45) is 0 Å². The summed E-state index contributed by atoms with van der Waals surface area (Å²) in [5.41, 5.74) is 0.897. The molecule has 1 aliphatic rings.